The van der Waals surface area contributed by atoms with Gasteiger partial charge in [0.2, 0.25) is 0 Å². The number of rotatable bonds is 5. The Kier molecular flexibility index (Phi) is 6.92. The van der Waals surface area contributed by atoms with Crippen LogP contribution in [0.5, 0.6) is 11.5 Å². The third-order valence-corrected chi connectivity index (χ3v) is 4.10. The average Bonchev–Trinajstić information content (AvgIpc) is 2.63. The minimum absolute atomic E-state index is 0. The van der Waals surface area contributed by atoms with Gasteiger partial charge in [-0.25, -0.2) is 4.39 Å². The summed E-state index contributed by atoms with van der Waals surface area (Å²) in [5, 5.41) is 5.62. The Hall–Kier alpha value is -2.45. The van der Waals surface area contributed by atoms with Crippen LogP contribution in [0, 0.1) is 5.82 Å². The Morgan fingerprint density at radius 1 is 1.22 bits per heavy atom. The first-order chi connectivity index (χ1) is 12.5. The van der Waals surface area contributed by atoms with Crippen LogP contribution >= 0.6 is 12.4 Å². The van der Waals surface area contributed by atoms with Gasteiger partial charge in [-0.1, -0.05) is 6.07 Å². The average molecular weight is 403 g/mol. The molecule has 3 rings (SSSR count). The molecule has 0 fully saturated rings. The third-order valence-electron chi connectivity index (χ3n) is 4.10. The number of hydrogen-bond acceptors (Lipinski definition) is 4. The second kappa shape index (κ2) is 8.96. The fourth-order valence-electron chi connectivity index (χ4n) is 2.83. The number of halogens is 4. The van der Waals surface area contributed by atoms with Crippen LogP contribution < -0.4 is 20.1 Å². The van der Waals surface area contributed by atoms with E-state index >= 15 is 0 Å². The molecule has 2 aromatic rings. The maximum atomic E-state index is 14.6. The Labute approximate surface area is 160 Å². The molecule has 0 aliphatic carbocycles. The largest absolute Gasteiger partial charge is 0.493 e. The van der Waals surface area contributed by atoms with Gasteiger partial charge < -0.3 is 20.1 Å². The van der Waals surface area contributed by atoms with E-state index in [0.29, 0.717) is 25.1 Å². The van der Waals surface area contributed by atoms with E-state index in [4.69, 9.17) is 4.74 Å². The monoisotopic (exact) mass is 402 g/mol. The van der Waals surface area contributed by atoms with Crippen LogP contribution in [-0.2, 0) is 13.0 Å². The van der Waals surface area contributed by atoms with Crippen LogP contribution in [-0.4, -0.2) is 26.2 Å². The number of alkyl halides is 2. The molecule has 0 aromatic heterocycles. The van der Waals surface area contributed by atoms with E-state index in [-0.39, 0.29) is 35.2 Å². The maximum Gasteiger partial charge on any atom is 0.387 e. The fourth-order valence-corrected chi connectivity index (χ4v) is 2.83. The summed E-state index contributed by atoms with van der Waals surface area (Å²) in [6.07, 6.45) is 0.528. The lowest BCUT2D eigenvalue weighted by atomic mass is 9.99. The number of anilines is 1. The molecule has 5 nitrogen and oxygen atoms in total. The van der Waals surface area contributed by atoms with Crippen molar-refractivity contribution < 1.29 is 27.4 Å². The Morgan fingerprint density at radius 2 is 2.00 bits per heavy atom. The molecule has 1 aliphatic heterocycles. The molecule has 0 saturated carbocycles. The summed E-state index contributed by atoms with van der Waals surface area (Å²) in [5.74, 6) is -1.32. The van der Waals surface area contributed by atoms with Gasteiger partial charge in [-0.3, -0.25) is 4.79 Å². The Morgan fingerprint density at radius 3 is 2.70 bits per heavy atom. The van der Waals surface area contributed by atoms with Crippen molar-refractivity contribution >= 4 is 24.0 Å². The second-order valence-electron chi connectivity index (χ2n) is 5.69. The first kappa shape index (κ1) is 20.9. The van der Waals surface area contributed by atoms with E-state index in [1.54, 1.807) is 6.07 Å². The summed E-state index contributed by atoms with van der Waals surface area (Å²) in [7, 11) is 1.30. The molecular weight excluding hydrogens is 385 g/mol. The summed E-state index contributed by atoms with van der Waals surface area (Å²) < 4.78 is 48.9. The SMILES string of the molecule is COc1ccc(C(=O)Nc2ccc3c(c2F)CCNC3)cc1OC(F)F.Cl. The van der Waals surface area contributed by atoms with Gasteiger partial charge >= 0.3 is 6.61 Å². The molecule has 1 heterocycles. The summed E-state index contributed by atoms with van der Waals surface area (Å²) in [4.78, 5) is 12.4. The van der Waals surface area contributed by atoms with E-state index in [1.165, 1.54) is 25.3 Å². The van der Waals surface area contributed by atoms with Crippen molar-refractivity contribution in [3.63, 3.8) is 0 Å². The van der Waals surface area contributed by atoms with Crippen molar-refractivity contribution in [3.8, 4) is 11.5 Å². The van der Waals surface area contributed by atoms with Gasteiger partial charge in [0.1, 0.15) is 5.82 Å². The van der Waals surface area contributed by atoms with Gasteiger partial charge in [0.25, 0.3) is 5.91 Å². The molecule has 0 bridgehead atoms. The standard InChI is InChI=1S/C18H17F3N2O3.ClH/c1-25-14-5-3-10(8-15(14)26-18(20)21)17(24)23-13-4-2-11-9-22-7-6-12(11)16(13)19;/h2-5,8,18,22H,6-7,9H2,1H3,(H,23,24);1H. The molecule has 1 amide bonds. The van der Waals surface area contributed by atoms with Gasteiger partial charge in [0.05, 0.1) is 12.8 Å². The Balaban J connectivity index is 0.00000261. The number of nitrogens with one attached hydrogen (secondary N) is 2. The number of hydrogen-bond donors (Lipinski definition) is 2. The number of methoxy groups -OCH3 is 1. The van der Waals surface area contributed by atoms with Gasteiger partial charge in [0, 0.05) is 12.1 Å². The zero-order valence-corrected chi connectivity index (χ0v) is 15.2. The number of ether oxygens (including phenoxy) is 2. The molecule has 0 unspecified atom stereocenters. The van der Waals surface area contributed by atoms with Crippen LogP contribution in [0.3, 0.4) is 0 Å². The minimum atomic E-state index is -3.06. The van der Waals surface area contributed by atoms with E-state index in [1.807, 2.05) is 0 Å². The molecule has 9 heteroatoms. The highest BCUT2D eigenvalue weighted by Crippen LogP contribution is 2.30. The number of carbonyl (C=O) groups excluding carboxylic acids is 1. The van der Waals surface area contributed by atoms with Crippen molar-refractivity contribution in [2.24, 2.45) is 0 Å². The van der Waals surface area contributed by atoms with Gasteiger partial charge in [-0.2, -0.15) is 8.78 Å². The molecule has 27 heavy (non-hydrogen) atoms. The van der Waals surface area contributed by atoms with E-state index in [9.17, 15) is 18.0 Å². The normalized spacial score (nSPS) is 12.8. The molecule has 0 atom stereocenters. The summed E-state index contributed by atoms with van der Waals surface area (Å²) >= 11 is 0. The van der Waals surface area contributed by atoms with Gasteiger partial charge in [-0.15, -0.1) is 12.4 Å². The Bertz CT molecular complexity index is 834. The van der Waals surface area contributed by atoms with Crippen LogP contribution in [0.2, 0.25) is 0 Å². The second-order valence-corrected chi connectivity index (χ2v) is 5.69. The van der Waals surface area contributed by atoms with Crippen molar-refractivity contribution in [1.82, 2.24) is 5.32 Å². The predicted molar refractivity (Wildman–Crippen MR) is 96.6 cm³/mol. The van der Waals surface area contributed by atoms with Crippen LogP contribution in [0.1, 0.15) is 21.5 Å². The first-order valence-corrected chi connectivity index (χ1v) is 7.94. The van der Waals surface area contributed by atoms with Crippen LogP contribution in [0.25, 0.3) is 0 Å². The van der Waals surface area contributed by atoms with E-state index in [0.717, 1.165) is 11.6 Å². The van der Waals surface area contributed by atoms with E-state index < -0.39 is 18.3 Å². The topological polar surface area (TPSA) is 59.6 Å². The quantitative estimate of drug-likeness (QED) is 0.799. The molecule has 146 valence electrons. The molecule has 0 spiro atoms. The lowest BCUT2D eigenvalue weighted by Gasteiger charge is -2.19. The maximum absolute atomic E-state index is 14.6. The predicted octanol–water partition coefficient (Wildman–Crippen LogP) is 3.76. The first-order valence-electron chi connectivity index (χ1n) is 7.94. The minimum Gasteiger partial charge on any atom is -0.493 e. The van der Waals surface area contributed by atoms with Gasteiger partial charge in [-0.05, 0) is 48.4 Å². The summed E-state index contributed by atoms with van der Waals surface area (Å²) in [6.45, 7) is -1.82. The smallest absolute Gasteiger partial charge is 0.387 e. The third kappa shape index (κ3) is 4.64. The molecule has 1 aliphatic rings. The van der Waals surface area contributed by atoms with Crippen molar-refractivity contribution in [2.45, 2.75) is 19.6 Å². The summed E-state index contributed by atoms with van der Waals surface area (Å²) in [5.41, 5.74) is 1.50. The zero-order valence-electron chi connectivity index (χ0n) is 14.4. The molecule has 0 saturated heterocycles. The van der Waals surface area contributed by atoms with Gasteiger partial charge in [0.15, 0.2) is 11.5 Å². The number of amides is 1. The molecule has 0 radical (unpaired) electrons. The molecule has 2 aromatic carbocycles. The summed E-state index contributed by atoms with van der Waals surface area (Å²) in [6, 6.07) is 7.08. The lowest BCUT2D eigenvalue weighted by molar-refractivity contribution is -0.0512. The van der Waals surface area contributed by atoms with Crippen molar-refractivity contribution in [3.05, 3.63) is 52.8 Å². The highest BCUT2D eigenvalue weighted by Gasteiger charge is 2.19. The van der Waals surface area contributed by atoms with Crippen LogP contribution in [0.15, 0.2) is 30.3 Å². The lowest BCUT2D eigenvalue weighted by Crippen LogP contribution is -2.25. The molecule has 2 N–H and O–H groups in total. The van der Waals surface area contributed by atoms with Crippen molar-refractivity contribution in [2.75, 3.05) is 19.0 Å². The van der Waals surface area contributed by atoms with E-state index in [2.05, 4.69) is 15.4 Å². The number of fused-ring (bicyclic) bond motifs is 1. The van der Waals surface area contributed by atoms with Crippen molar-refractivity contribution in [1.29, 1.82) is 0 Å². The number of carbonyl (C=O) groups is 1. The highest BCUT2D eigenvalue weighted by molar-refractivity contribution is 6.04. The molecular formula is C18H18ClF3N2O3. The zero-order chi connectivity index (χ0) is 18.7. The highest BCUT2D eigenvalue weighted by atomic mass is 35.5. The number of benzene rings is 2. The van der Waals surface area contributed by atoms with Crippen LogP contribution in [0.4, 0.5) is 18.9 Å². The fraction of sp³-hybridized carbons (Fsp3) is 0.278.